The number of hydrogen-bond donors (Lipinski definition) is 1. The van der Waals surface area contributed by atoms with Gasteiger partial charge in [0.15, 0.2) is 0 Å². The van der Waals surface area contributed by atoms with Crippen molar-refractivity contribution in [2.75, 3.05) is 33.3 Å². The molecular formula is C21H25ClN2O2. The van der Waals surface area contributed by atoms with Gasteiger partial charge in [-0.2, -0.15) is 0 Å². The van der Waals surface area contributed by atoms with Crippen molar-refractivity contribution < 1.29 is 9.90 Å². The normalized spacial score (nSPS) is 15.5. The number of aliphatic hydroxyl groups is 1. The SMILES string of the molecule is CN(CCO)C1CCN(C(=O)c2ccc(-c3ccc(Cl)cc3)cc2)CC1. The van der Waals surface area contributed by atoms with Gasteiger partial charge in [-0.05, 0) is 55.3 Å². The van der Waals surface area contributed by atoms with Crippen LogP contribution in [0.5, 0.6) is 0 Å². The fourth-order valence-corrected chi connectivity index (χ4v) is 3.61. The van der Waals surface area contributed by atoms with Gasteiger partial charge in [-0.1, -0.05) is 35.9 Å². The first-order valence-corrected chi connectivity index (χ1v) is 9.42. The zero-order valence-corrected chi connectivity index (χ0v) is 15.8. The largest absolute Gasteiger partial charge is 0.395 e. The Morgan fingerprint density at radius 1 is 1.08 bits per heavy atom. The molecule has 1 amide bonds. The van der Waals surface area contributed by atoms with Crippen LogP contribution in [0.3, 0.4) is 0 Å². The molecule has 1 aliphatic rings. The standard InChI is InChI=1S/C21H25ClN2O2/c1-23(14-15-25)20-10-12-24(13-11-20)21(26)18-4-2-16(3-5-18)17-6-8-19(22)9-7-17/h2-9,20,25H,10-15H2,1H3. The van der Waals surface area contributed by atoms with Gasteiger partial charge in [0, 0.05) is 36.3 Å². The number of nitrogens with zero attached hydrogens (tertiary/aromatic N) is 2. The van der Waals surface area contributed by atoms with Crippen LogP contribution in [-0.2, 0) is 0 Å². The van der Waals surface area contributed by atoms with E-state index in [1.807, 2.05) is 60.5 Å². The van der Waals surface area contributed by atoms with Gasteiger partial charge in [-0.3, -0.25) is 4.79 Å². The molecule has 1 aliphatic heterocycles. The Balaban J connectivity index is 1.61. The van der Waals surface area contributed by atoms with E-state index >= 15 is 0 Å². The summed E-state index contributed by atoms with van der Waals surface area (Å²) in [6, 6.07) is 15.9. The van der Waals surface area contributed by atoms with Crippen molar-refractivity contribution in [2.24, 2.45) is 0 Å². The van der Waals surface area contributed by atoms with E-state index in [2.05, 4.69) is 4.90 Å². The molecular weight excluding hydrogens is 348 g/mol. The molecule has 138 valence electrons. The average Bonchev–Trinajstić information content (AvgIpc) is 2.68. The minimum atomic E-state index is 0.0934. The Bertz CT molecular complexity index is 723. The highest BCUT2D eigenvalue weighted by Crippen LogP contribution is 2.23. The fraction of sp³-hybridized carbons (Fsp3) is 0.381. The number of likely N-dealkylation sites (N-methyl/N-ethyl adjacent to an activating group) is 1. The molecule has 0 spiro atoms. The van der Waals surface area contributed by atoms with Gasteiger partial charge < -0.3 is 14.9 Å². The zero-order valence-electron chi connectivity index (χ0n) is 15.1. The van der Waals surface area contributed by atoms with E-state index in [-0.39, 0.29) is 12.5 Å². The van der Waals surface area contributed by atoms with Crippen LogP contribution >= 0.6 is 11.6 Å². The first-order valence-electron chi connectivity index (χ1n) is 9.05. The Morgan fingerprint density at radius 2 is 1.62 bits per heavy atom. The third-order valence-electron chi connectivity index (χ3n) is 5.14. The van der Waals surface area contributed by atoms with E-state index in [4.69, 9.17) is 16.7 Å². The van der Waals surface area contributed by atoms with E-state index in [1.54, 1.807) is 0 Å². The Morgan fingerprint density at radius 3 is 2.15 bits per heavy atom. The smallest absolute Gasteiger partial charge is 0.253 e. The predicted molar refractivity (Wildman–Crippen MR) is 106 cm³/mol. The molecule has 0 atom stereocenters. The average molecular weight is 373 g/mol. The van der Waals surface area contributed by atoms with Crippen LogP contribution in [0.4, 0.5) is 0 Å². The Hall–Kier alpha value is -1.88. The van der Waals surface area contributed by atoms with Crippen molar-refractivity contribution in [1.82, 2.24) is 9.80 Å². The van der Waals surface area contributed by atoms with E-state index in [9.17, 15) is 4.79 Å². The lowest BCUT2D eigenvalue weighted by atomic mass is 10.0. The van der Waals surface area contributed by atoms with Gasteiger partial charge in [-0.25, -0.2) is 0 Å². The molecule has 1 N–H and O–H groups in total. The van der Waals surface area contributed by atoms with Gasteiger partial charge in [-0.15, -0.1) is 0 Å². The van der Waals surface area contributed by atoms with Crippen molar-refractivity contribution in [3.8, 4) is 11.1 Å². The topological polar surface area (TPSA) is 43.8 Å². The molecule has 1 saturated heterocycles. The molecule has 1 heterocycles. The molecule has 0 unspecified atom stereocenters. The molecule has 0 bridgehead atoms. The van der Waals surface area contributed by atoms with Crippen molar-refractivity contribution in [1.29, 1.82) is 0 Å². The maximum absolute atomic E-state index is 12.7. The number of benzene rings is 2. The third kappa shape index (κ3) is 4.44. The third-order valence-corrected chi connectivity index (χ3v) is 5.39. The number of hydrogen-bond acceptors (Lipinski definition) is 3. The van der Waals surface area contributed by atoms with Gasteiger partial charge >= 0.3 is 0 Å². The maximum atomic E-state index is 12.7. The summed E-state index contributed by atoms with van der Waals surface area (Å²) in [4.78, 5) is 16.9. The molecule has 0 aromatic heterocycles. The van der Waals surface area contributed by atoms with Crippen LogP contribution < -0.4 is 0 Å². The summed E-state index contributed by atoms with van der Waals surface area (Å²) in [6.45, 7) is 2.39. The van der Waals surface area contributed by atoms with Crippen molar-refractivity contribution in [3.05, 3.63) is 59.1 Å². The molecule has 2 aromatic carbocycles. The number of carbonyl (C=O) groups excluding carboxylic acids is 1. The van der Waals surface area contributed by atoms with Crippen LogP contribution in [0.25, 0.3) is 11.1 Å². The second-order valence-corrected chi connectivity index (χ2v) is 7.25. The van der Waals surface area contributed by atoms with Gasteiger partial charge in [0.05, 0.1) is 6.61 Å². The zero-order chi connectivity index (χ0) is 18.5. The van der Waals surface area contributed by atoms with Crippen LogP contribution in [-0.4, -0.2) is 60.1 Å². The lowest BCUT2D eigenvalue weighted by Crippen LogP contribution is -2.46. The summed E-state index contributed by atoms with van der Waals surface area (Å²) in [5.74, 6) is 0.0934. The van der Waals surface area contributed by atoms with E-state index in [0.29, 0.717) is 17.6 Å². The Labute approximate surface area is 160 Å². The number of likely N-dealkylation sites (tertiary alicyclic amines) is 1. The second kappa shape index (κ2) is 8.67. The van der Waals surface area contributed by atoms with Crippen molar-refractivity contribution >= 4 is 17.5 Å². The summed E-state index contributed by atoms with van der Waals surface area (Å²) >= 11 is 5.93. The van der Waals surface area contributed by atoms with Gasteiger partial charge in [0.2, 0.25) is 0 Å². The van der Waals surface area contributed by atoms with Crippen molar-refractivity contribution in [3.63, 3.8) is 0 Å². The second-order valence-electron chi connectivity index (χ2n) is 6.81. The summed E-state index contributed by atoms with van der Waals surface area (Å²) in [5, 5.41) is 9.78. The number of carbonyl (C=O) groups is 1. The molecule has 0 radical (unpaired) electrons. The number of amides is 1. The van der Waals surface area contributed by atoms with E-state index in [1.165, 1.54) is 0 Å². The first-order chi connectivity index (χ1) is 12.6. The minimum Gasteiger partial charge on any atom is -0.395 e. The Kier molecular flexibility index (Phi) is 6.30. The fourth-order valence-electron chi connectivity index (χ4n) is 3.48. The number of piperidine rings is 1. The minimum absolute atomic E-state index is 0.0934. The van der Waals surface area contributed by atoms with Gasteiger partial charge in [0.1, 0.15) is 0 Å². The lowest BCUT2D eigenvalue weighted by molar-refractivity contribution is 0.0628. The summed E-state index contributed by atoms with van der Waals surface area (Å²) in [5.41, 5.74) is 2.88. The van der Waals surface area contributed by atoms with Crippen LogP contribution in [0, 0.1) is 0 Å². The molecule has 3 rings (SSSR count). The van der Waals surface area contributed by atoms with Gasteiger partial charge in [0.25, 0.3) is 5.91 Å². The first kappa shape index (κ1) is 18.9. The number of aliphatic hydroxyl groups excluding tert-OH is 1. The van der Waals surface area contributed by atoms with E-state index < -0.39 is 0 Å². The number of halogens is 1. The van der Waals surface area contributed by atoms with Crippen LogP contribution in [0.2, 0.25) is 5.02 Å². The molecule has 1 fully saturated rings. The maximum Gasteiger partial charge on any atom is 0.253 e. The van der Waals surface area contributed by atoms with Crippen LogP contribution in [0.15, 0.2) is 48.5 Å². The van der Waals surface area contributed by atoms with Crippen LogP contribution in [0.1, 0.15) is 23.2 Å². The lowest BCUT2D eigenvalue weighted by Gasteiger charge is -2.36. The monoisotopic (exact) mass is 372 g/mol. The highest BCUT2D eigenvalue weighted by molar-refractivity contribution is 6.30. The molecule has 26 heavy (non-hydrogen) atoms. The van der Waals surface area contributed by atoms with Crippen molar-refractivity contribution in [2.45, 2.75) is 18.9 Å². The summed E-state index contributed by atoms with van der Waals surface area (Å²) < 4.78 is 0. The predicted octanol–water partition coefficient (Wildman–Crippen LogP) is 3.54. The molecule has 5 heteroatoms. The molecule has 0 saturated carbocycles. The van der Waals surface area contributed by atoms with E-state index in [0.717, 1.165) is 42.6 Å². The molecule has 2 aromatic rings. The summed E-state index contributed by atoms with van der Waals surface area (Å²) in [7, 11) is 2.04. The quantitative estimate of drug-likeness (QED) is 0.873. The highest BCUT2D eigenvalue weighted by atomic mass is 35.5. The number of rotatable bonds is 5. The molecule has 0 aliphatic carbocycles. The summed E-state index contributed by atoms with van der Waals surface area (Å²) in [6.07, 6.45) is 1.90. The molecule has 4 nitrogen and oxygen atoms in total. The highest BCUT2D eigenvalue weighted by Gasteiger charge is 2.25.